The molecule has 1 aromatic carbocycles. The molecule has 0 aliphatic carbocycles. The number of hydrogen-bond donors (Lipinski definition) is 0. The number of piperidine rings is 2. The number of likely N-dealkylation sites (tertiary alicyclic amines) is 2. The minimum absolute atomic E-state index is 0.146. The number of aromatic nitrogens is 3. The van der Waals surface area contributed by atoms with Crippen molar-refractivity contribution < 1.29 is 9.53 Å². The highest BCUT2D eigenvalue weighted by molar-refractivity contribution is 7.11. The summed E-state index contributed by atoms with van der Waals surface area (Å²) in [6.07, 6.45) is 11.8. The van der Waals surface area contributed by atoms with E-state index >= 15 is 0 Å². The Hall–Kier alpha value is -2.71. The van der Waals surface area contributed by atoms with E-state index in [-0.39, 0.29) is 12.0 Å². The zero-order valence-electron chi connectivity index (χ0n) is 18.2. The molecule has 7 nitrogen and oxygen atoms in total. The van der Waals surface area contributed by atoms with Gasteiger partial charge in [-0.2, -0.15) is 0 Å². The van der Waals surface area contributed by atoms with Crippen LogP contribution in [0.2, 0.25) is 0 Å². The molecule has 0 bridgehead atoms. The lowest BCUT2D eigenvalue weighted by Crippen LogP contribution is -2.50. The molecule has 8 heteroatoms. The van der Waals surface area contributed by atoms with Crippen LogP contribution in [0.3, 0.4) is 0 Å². The number of rotatable bonds is 6. The molecule has 168 valence electrons. The van der Waals surface area contributed by atoms with Gasteiger partial charge in [-0.05, 0) is 43.4 Å². The molecule has 1 amide bonds. The molecule has 2 saturated heterocycles. The topological polar surface area (TPSA) is 63.5 Å². The average Bonchev–Trinajstić information content (AvgIpc) is 3.54. The number of ether oxygens (including phenoxy) is 1. The summed E-state index contributed by atoms with van der Waals surface area (Å²) >= 11 is 1.56. The van der Waals surface area contributed by atoms with Gasteiger partial charge >= 0.3 is 0 Å². The van der Waals surface area contributed by atoms with Gasteiger partial charge in [0.05, 0.1) is 6.33 Å². The van der Waals surface area contributed by atoms with Gasteiger partial charge in [-0.15, -0.1) is 0 Å². The molecule has 0 unspecified atom stereocenters. The van der Waals surface area contributed by atoms with Crippen molar-refractivity contribution in [3.63, 3.8) is 0 Å². The molecule has 2 aromatic heterocycles. The van der Waals surface area contributed by atoms with E-state index < -0.39 is 0 Å². The monoisotopic (exact) mass is 451 g/mol. The zero-order chi connectivity index (χ0) is 21.8. The van der Waals surface area contributed by atoms with Crippen LogP contribution in [-0.4, -0.2) is 68.6 Å². The van der Waals surface area contributed by atoms with Crippen LogP contribution in [0.5, 0.6) is 5.19 Å². The maximum Gasteiger partial charge on any atom is 0.273 e. The summed E-state index contributed by atoms with van der Waals surface area (Å²) in [6.45, 7) is 4.55. The fraction of sp³-hybridized carbons (Fsp3) is 0.458. The summed E-state index contributed by atoms with van der Waals surface area (Å²) < 4.78 is 8.01. The van der Waals surface area contributed by atoms with E-state index in [0.29, 0.717) is 6.04 Å². The highest BCUT2D eigenvalue weighted by Gasteiger charge is 2.30. The number of nitrogens with zero attached hydrogens (tertiary/aromatic N) is 5. The van der Waals surface area contributed by atoms with Gasteiger partial charge in [-0.1, -0.05) is 23.5 Å². The van der Waals surface area contributed by atoms with Gasteiger partial charge in [0.2, 0.25) is 0 Å². The molecule has 0 N–H and O–H groups in total. The van der Waals surface area contributed by atoms with Crippen molar-refractivity contribution in [2.75, 3.05) is 26.2 Å². The minimum atomic E-state index is 0.146. The highest BCUT2D eigenvalue weighted by atomic mass is 32.1. The van der Waals surface area contributed by atoms with Crippen LogP contribution in [0.15, 0.2) is 54.6 Å². The first kappa shape index (κ1) is 21.2. The van der Waals surface area contributed by atoms with Gasteiger partial charge in [0.25, 0.3) is 11.1 Å². The lowest BCUT2D eigenvalue weighted by Gasteiger charge is -2.41. The highest BCUT2D eigenvalue weighted by Crippen LogP contribution is 2.25. The van der Waals surface area contributed by atoms with Gasteiger partial charge in [-0.25, -0.2) is 9.97 Å². The van der Waals surface area contributed by atoms with Gasteiger partial charge in [0.1, 0.15) is 6.10 Å². The zero-order valence-corrected chi connectivity index (χ0v) is 19.0. The van der Waals surface area contributed by atoms with Crippen LogP contribution in [-0.2, 0) is 6.54 Å². The second kappa shape index (κ2) is 9.83. The molecule has 0 atom stereocenters. The third-order valence-electron chi connectivity index (χ3n) is 6.55. The van der Waals surface area contributed by atoms with Crippen LogP contribution in [0.25, 0.3) is 0 Å². The number of carbonyl (C=O) groups is 1. The molecule has 2 fully saturated rings. The quantitative estimate of drug-likeness (QED) is 0.574. The number of imidazole rings is 1. The third kappa shape index (κ3) is 5.02. The van der Waals surface area contributed by atoms with E-state index in [9.17, 15) is 4.79 Å². The molecule has 0 saturated carbocycles. The van der Waals surface area contributed by atoms with Crippen molar-refractivity contribution in [3.8, 4) is 5.19 Å². The van der Waals surface area contributed by atoms with Crippen LogP contribution >= 0.6 is 11.3 Å². The van der Waals surface area contributed by atoms with Crippen molar-refractivity contribution in [1.29, 1.82) is 0 Å². The van der Waals surface area contributed by atoms with Crippen LogP contribution in [0.4, 0.5) is 0 Å². The Bertz CT molecular complexity index is 974. The van der Waals surface area contributed by atoms with E-state index in [1.165, 1.54) is 5.56 Å². The van der Waals surface area contributed by atoms with E-state index in [4.69, 9.17) is 4.74 Å². The van der Waals surface area contributed by atoms with Crippen LogP contribution in [0, 0.1) is 0 Å². The number of carbonyl (C=O) groups excluding carboxylic acids is 1. The summed E-state index contributed by atoms with van der Waals surface area (Å²) in [6, 6.07) is 8.55. The van der Waals surface area contributed by atoms with Crippen molar-refractivity contribution >= 4 is 17.2 Å². The first-order valence-corrected chi connectivity index (χ1v) is 12.3. The number of hydrogen-bond acceptors (Lipinski definition) is 6. The van der Waals surface area contributed by atoms with Crippen molar-refractivity contribution in [1.82, 2.24) is 24.3 Å². The van der Waals surface area contributed by atoms with Crippen LogP contribution < -0.4 is 4.74 Å². The summed E-state index contributed by atoms with van der Waals surface area (Å²) in [4.78, 5) is 25.9. The molecular formula is C24H29N5O2S. The smallest absolute Gasteiger partial charge is 0.273 e. The molecule has 0 spiro atoms. The van der Waals surface area contributed by atoms with Crippen LogP contribution in [0.1, 0.15) is 41.6 Å². The molecule has 2 aliphatic heterocycles. The second-order valence-corrected chi connectivity index (χ2v) is 9.46. The van der Waals surface area contributed by atoms with E-state index in [1.54, 1.807) is 30.1 Å². The fourth-order valence-electron chi connectivity index (χ4n) is 4.73. The molecule has 2 aliphatic rings. The van der Waals surface area contributed by atoms with E-state index in [1.807, 2.05) is 45.3 Å². The predicted octanol–water partition coefficient (Wildman–Crippen LogP) is 3.54. The summed E-state index contributed by atoms with van der Waals surface area (Å²) in [7, 11) is 0. The standard InChI is InChI=1S/C24H29N5O2S/c30-23(20-3-1-19(2-4-20)17-27-15-9-25-18-27)29-11-5-21(6-12-29)28-13-7-22(8-14-28)31-24-26-10-16-32-24/h1-4,9-10,15-16,18,21-22H,5-8,11-14,17H2. The molecule has 0 radical (unpaired) electrons. The van der Waals surface area contributed by atoms with Crippen molar-refractivity contribution in [3.05, 3.63) is 65.7 Å². The largest absolute Gasteiger partial charge is 0.467 e. The molecule has 3 aromatic rings. The minimum Gasteiger partial charge on any atom is -0.467 e. The average molecular weight is 452 g/mol. The second-order valence-electron chi connectivity index (χ2n) is 8.61. The Morgan fingerprint density at radius 3 is 2.47 bits per heavy atom. The van der Waals surface area contributed by atoms with E-state index in [0.717, 1.165) is 69.2 Å². The SMILES string of the molecule is O=C(c1ccc(Cn2ccnc2)cc1)N1CCC(N2CCC(Oc3nccs3)CC2)CC1. The molecular weight excluding hydrogens is 422 g/mol. The lowest BCUT2D eigenvalue weighted by molar-refractivity contribution is 0.0425. The van der Waals surface area contributed by atoms with Gasteiger partial charge in [-0.3, -0.25) is 9.69 Å². The lowest BCUT2D eigenvalue weighted by atomic mass is 9.98. The van der Waals surface area contributed by atoms with Crippen molar-refractivity contribution in [2.24, 2.45) is 0 Å². The Morgan fingerprint density at radius 2 is 1.81 bits per heavy atom. The number of thiazole rings is 1. The number of benzene rings is 1. The van der Waals surface area contributed by atoms with Gasteiger partial charge < -0.3 is 14.2 Å². The first-order chi connectivity index (χ1) is 15.7. The maximum absolute atomic E-state index is 13.0. The fourth-order valence-corrected chi connectivity index (χ4v) is 5.28. The maximum atomic E-state index is 13.0. The third-order valence-corrected chi connectivity index (χ3v) is 7.21. The van der Waals surface area contributed by atoms with Crippen molar-refractivity contribution in [2.45, 2.75) is 44.4 Å². The Labute approximate surface area is 192 Å². The summed E-state index contributed by atoms with van der Waals surface area (Å²) in [5.41, 5.74) is 1.94. The Kier molecular flexibility index (Phi) is 6.50. The molecule has 4 heterocycles. The Morgan fingerprint density at radius 1 is 1.03 bits per heavy atom. The van der Waals surface area contributed by atoms with Gasteiger partial charge in [0.15, 0.2) is 0 Å². The first-order valence-electron chi connectivity index (χ1n) is 11.4. The molecule has 5 rings (SSSR count). The summed E-state index contributed by atoms with van der Waals surface area (Å²) in [5, 5.41) is 2.74. The van der Waals surface area contributed by atoms with E-state index in [2.05, 4.69) is 14.9 Å². The van der Waals surface area contributed by atoms with Gasteiger partial charge in [0, 0.05) is 68.3 Å². The predicted molar refractivity (Wildman–Crippen MR) is 124 cm³/mol. The number of amides is 1. The molecule has 32 heavy (non-hydrogen) atoms. The normalized spacial score (nSPS) is 18.7. The summed E-state index contributed by atoms with van der Waals surface area (Å²) in [5.74, 6) is 0.146. The Balaban J connectivity index is 1.08.